The number of ketones is 2. The first-order chi connectivity index (χ1) is 18.5. The van der Waals surface area contributed by atoms with Crippen LogP contribution in [0.4, 0.5) is 13.2 Å². The van der Waals surface area contributed by atoms with Crippen molar-refractivity contribution in [1.82, 2.24) is 14.7 Å². The molecule has 1 saturated heterocycles. The fourth-order valence-electron chi connectivity index (χ4n) is 4.94. The van der Waals surface area contributed by atoms with E-state index in [0.29, 0.717) is 24.2 Å². The number of benzene rings is 2. The van der Waals surface area contributed by atoms with Crippen molar-refractivity contribution in [3.63, 3.8) is 0 Å². The third-order valence-electron chi connectivity index (χ3n) is 6.80. The number of rotatable bonds is 8. The van der Waals surface area contributed by atoms with Gasteiger partial charge >= 0.3 is 6.18 Å². The Morgan fingerprint density at radius 3 is 2.36 bits per heavy atom. The number of halogens is 3. The molecule has 4 rings (SSSR count). The number of aromatic hydroxyl groups is 1. The lowest BCUT2D eigenvalue weighted by atomic mass is 9.84. The molecule has 12 heteroatoms. The lowest BCUT2D eigenvalue weighted by molar-refractivity contribution is -0.143. The van der Waals surface area contributed by atoms with Crippen molar-refractivity contribution < 1.29 is 42.4 Å². The van der Waals surface area contributed by atoms with Gasteiger partial charge in [-0.1, -0.05) is 18.2 Å². The first kappa shape index (κ1) is 28.1. The monoisotopic (exact) mass is 547 g/mol. The summed E-state index contributed by atoms with van der Waals surface area (Å²) in [5, 5.41) is 25.7. The summed E-state index contributed by atoms with van der Waals surface area (Å²) in [6.07, 6.45) is -5.61. The van der Waals surface area contributed by atoms with E-state index in [4.69, 9.17) is 9.47 Å². The van der Waals surface area contributed by atoms with Crippen LogP contribution < -0.4 is 9.47 Å². The van der Waals surface area contributed by atoms with Crippen LogP contribution in [-0.4, -0.2) is 76.9 Å². The molecule has 0 aliphatic carbocycles. The standard InChI is InChI=1S/C27H28F3N3O6/c1-32-10-9-16(20(36)14-32)23-21(38-2)12-22(39-3)24(25(23)37)19(35)11-18(34)17-13-31-33(26(17)27(28,29)30)15-7-5-4-6-8-15/h4-8,12-13,16,20,36-37H,9-11,14H2,1-3H3/t16-,20+/m0/s1. The number of β-amino-alcohol motifs (C(OH)–C–C–N with tert-alkyl or cyclic N) is 1. The number of nitrogens with zero attached hydrogens (tertiary/aromatic N) is 3. The van der Waals surface area contributed by atoms with Crippen LogP contribution in [0.15, 0.2) is 42.6 Å². The van der Waals surface area contributed by atoms with Crippen LogP contribution in [0.2, 0.25) is 0 Å². The molecule has 2 N–H and O–H groups in total. The van der Waals surface area contributed by atoms with Gasteiger partial charge in [0.2, 0.25) is 0 Å². The van der Waals surface area contributed by atoms with Gasteiger partial charge in [-0.15, -0.1) is 0 Å². The summed E-state index contributed by atoms with van der Waals surface area (Å²) in [7, 11) is 4.43. The van der Waals surface area contributed by atoms with Gasteiger partial charge in [0.15, 0.2) is 17.3 Å². The van der Waals surface area contributed by atoms with Gasteiger partial charge in [0.1, 0.15) is 22.8 Å². The molecule has 0 saturated carbocycles. The molecule has 0 unspecified atom stereocenters. The number of aromatic nitrogens is 2. The average molecular weight is 548 g/mol. The van der Waals surface area contributed by atoms with Gasteiger partial charge in [0, 0.05) is 24.1 Å². The number of piperidine rings is 1. The Kier molecular flexibility index (Phi) is 7.98. The topological polar surface area (TPSA) is 114 Å². The third-order valence-corrected chi connectivity index (χ3v) is 6.80. The molecule has 9 nitrogen and oxygen atoms in total. The molecular formula is C27H28F3N3O6. The Morgan fingerprint density at radius 2 is 1.77 bits per heavy atom. The van der Waals surface area contributed by atoms with Gasteiger partial charge in [-0.3, -0.25) is 9.59 Å². The number of ether oxygens (including phenoxy) is 2. The second-order valence-corrected chi connectivity index (χ2v) is 9.32. The first-order valence-corrected chi connectivity index (χ1v) is 12.1. The van der Waals surface area contributed by atoms with E-state index in [-0.39, 0.29) is 28.3 Å². The van der Waals surface area contributed by atoms with Gasteiger partial charge in [-0.2, -0.15) is 18.3 Å². The number of aliphatic hydroxyl groups excluding tert-OH is 1. The minimum atomic E-state index is -4.95. The van der Waals surface area contributed by atoms with E-state index in [1.807, 2.05) is 11.9 Å². The molecular weight excluding hydrogens is 519 g/mol. The minimum Gasteiger partial charge on any atom is -0.507 e. The number of methoxy groups -OCH3 is 2. The van der Waals surface area contributed by atoms with E-state index in [1.54, 1.807) is 6.07 Å². The fourth-order valence-corrected chi connectivity index (χ4v) is 4.94. The SMILES string of the molecule is COc1cc(OC)c([C@H]2CCN(C)C[C@H]2O)c(O)c1C(=O)CC(=O)c1cnn(-c2ccccc2)c1C(F)(F)F. The van der Waals surface area contributed by atoms with E-state index in [1.165, 1.54) is 44.6 Å². The van der Waals surface area contributed by atoms with Gasteiger partial charge in [-0.05, 0) is 32.1 Å². The van der Waals surface area contributed by atoms with Crippen molar-refractivity contribution in [2.45, 2.75) is 31.0 Å². The van der Waals surface area contributed by atoms with Crippen LogP contribution in [0, 0.1) is 0 Å². The molecule has 0 amide bonds. The van der Waals surface area contributed by atoms with Gasteiger partial charge in [-0.25, -0.2) is 4.68 Å². The van der Waals surface area contributed by atoms with Crippen LogP contribution in [0.5, 0.6) is 17.2 Å². The summed E-state index contributed by atoms with van der Waals surface area (Å²) >= 11 is 0. The van der Waals surface area contributed by atoms with E-state index < -0.39 is 53.2 Å². The zero-order chi connectivity index (χ0) is 28.5. The molecule has 2 atom stereocenters. The second-order valence-electron chi connectivity index (χ2n) is 9.32. The van der Waals surface area contributed by atoms with Crippen LogP contribution in [0.3, 0.4) is 0 Å². The van der Waals surface area contributed by atoms with E-state index in [2.05, 4.69) is 5.10 Å². The Balaban J connectivity index is 1.73. The molecule has 2 heterocycles. The predicted molar refractivity (Wildman–Crippen MR) is 134 cm³/mol. The normalized spacial score (nSPS) is 18.1. The number of Topliss-reactive ketones (excluding diaryl/α,β-unsaturated/α-hetero) is 2. The molecule has 3 aromatic rings. The summed E-state index contributed by atoms with van der Waals surface area (Å²) < 4.78 is 53.4. The maximum Gasteiger partial charge on any atom is 0.434 e. The molecule has 1 fully saturated rings. The molecule has 1 aliphatic rings. The van der Waals surface area contributed by atoms with Gasteiger partial charge in [0.05, 0.1) is 44.2 Å². The van der Waals surface area contributed by atoms with Crippen molar-refractivity contribution in [1.29, 1.82) is 0 Å². The largest absolute Gasteiger partial charge is 0.507 e. The van der Waals surface area contributed by atoms with Crippen molar-refractivity contribution in [3.8, 4) is 22.9 Å². The summed E-state index contributed by atoms with van der Waals surface area (Å²) in [6, 6.07) is 8.84. The summed E-state index contributed by atoms with van der Waals surface area (Å²) in [6.45, 7) is 0.913. The molecule has 2 aromatic carbocycles. The first-order valence-electron chi connectivity index (χ1n) is 12.1. The Morgan fingerprint density at radius 1 is 1.10 bits per heavy atom. The molecule has 208 valence electrons. The van der Waals surface area contributed by atoms with Crippen molar-refractivity contribution in [2.24, 2.45) is 0 Å². The number of para-hydroxylation sites is 1. The van der Waals surface area contributed by atoms with Crippen LogP contribution in [-0.2, 0) is 6.18 Å². The minimum absolute atomic E-state index is 0.0889. The van der Waals surface area contributed by atoms with Crippen LogP contribution in [0.25, 0.3) is 5.69 Å². The number of carbonyl (C=O) groups is 2. The number of carbonyl (C=O) groups excluding carboxylic acids is 2. The van der Waals surface area contributed by atoms with E-state index in [0.717, 1.165) is 6.20 Å². The number of hydrogen-bond donors (Lipinski definition) is 2. The quantitative estimate of drug-likeness (QED) is 0.323. The van der Waals surface area contributed by atoms with Crippen molar-refractivity contribution in [3.05, 3.63) is 65.0 Å². The zero-order valence-electron chi connectivity index (χ0n) is 21.5. The second kappa shape index (κ2) is 11.1. The number of hydrogen-bond acceptors (Lipinski definition) is 8. The molecule has 1 aliphatic heterocycles. The summed E-state index contributed by atoms with van der Waals surface area (Å²) in [5.74, 6) is -3.18. The Labute approximate surface area is 222 Å². The summed E-state index contributed by atoms with van der Waals surface area (Å²) in [4.78, 5) is 28.3. The number of aliphatic hydroxyl groups is 1. The lowest BCUT2D eigenvalue weighted by Gasteiger charge is -2.35. The smallest absolute Gasteiger partial charge is 0.434 e. The molecule has 39 heavy (non-hydrogen) atoms. The number of likely N-dealkylation sites (tertiary alicyclic amines) is 1. The molecule has 0 spiro atoms. The van der Waals surface area contributed by atoms with Gasteiger partial charge < -0.3 is 24.6 Å². The highest BCUT2D eigenvalue weighted by Crippen LogP contribution is 2.46. The average Bonchev–Trinajstić information content (AvgIpc) is 3.35. The zero-order valence-corrected chi connectivity index (χ0v) is 21.5. The highest BCUT2D eigenvalue weighted by atomic mass is 19.4. The van der Waals surface area contributed by atoms with Crippen LogP contribution >= 0.6 is 0 Å². The maximum absolute atomic E-state index is 14.0. The van der Waals surface area contributed by atoms with Gasteiger partial charge in [0.25, 0.3) is 0 Å². The van der Waals surface area contributed by atoms with Crippen molar-refractivity contribution in [2.75, 3.05) is 34.4 Å². The van der Waals surface area contributed by atoms with E-state index >= 15 is 0 Å². The number of phenolic OH excluding ortho intramolecular Hbond substituents is 1. The third kappa shape index (κ3) is 5.48. The maximum atomic E-state index is 14.0. The molecule has 0 radical (unpaired) electrons. The number of phenols is 1. The highest BCUT2D eigenvalue weighted by molar-refractivity contribution is 6.16. The van der Waals surface area contributed by atoms with Crippen LogP contribution in [0.1, 0.15) is 50.7 Å². The lowest BCUT2D eigenvalue weighted by Crippen LogP contribution is -2.40. The number of likely N-dealkylation sites (N-methyl/N-ethyl adjacent to an activating group) is 1. The molecule has 1 aromatic heterocycles. The predicted octanol–water partition coefficient (Wildman–Crippen LogP) is 3.85. The number of alkyl halides is 3. The molecule has 0 bridgehead atoms. The van der Waals surface area contributed by atoms with E-state index in [9.17, 15) is 33.0 Å². The summed E-state index contributed by atoms with van der Waals surface area (Å²) in [5.41, 5.74) is -2.21. The van der Waals surface area contributed by atoms with Crippen molar-refractivity contribution >= 4 is 11.6 Å². The highest BCUT2D eigenvalue weighted by Gasteiger charge is 2.41. The Hall–Kier alpha value is -3.90. The Bertz CT molecular complexity index is 1370. The fraction of sp³-hybridized carbons (Fsp3) is 0.370.